The van der Waals surface area contributed by atoms with E-state index in [9.17, 15) is 20.0 Å². The second kappa shape index (κ2) is 5.26. The van der Waals surface area contributed by atoms with Crippen molar-refractivity contribution in [3.05, 3.63) is 40.4 Å². The van der Waals surface area contributed by atoms with Gasteiger partial charge in [0.15, 0.2) is 0 Å². The average Bonchev–Trinajstić information content (AvgIpc) is 2.40. The molecule has 102 valence electrons. The maximum absolute atomic E-state index is 11.5. The van der Waals surface area contributed by atoms with Gasteiger partial charge in [0.25, 0.3) is 0 Å². The molecule has 0 heterocycles. The van der Waals surface area contributed by atoms with Crippen molar-refractivity contribution in [3.63, 3.8) is 0 Å². The summed E-state index contributed by atoms with van der Waals surface area (Å²) in [6.45, 7) is 0. The van der Waals surface area contributed by atoms with E-state index in [-0.39, 0.29) is 12.8 Å². The Balaban J connectivity index is 2.47. The Morgan fingerprint density at radius 1 is 1.21 bits per heavy atom. The van der Waals surface area contributed by atoms with Crippen molar-refractivity contribution in [2.24, 2.45) is 0 Å². The molecule has 1 aliphatic carbocycles. The van der Waals surface area contributed by atoms with E-state index in [4.69, 9.17) is 0 Å². The summed E-state index contributed by atoms with van der Waals surface area (Å²) in [6.07, 6.45) is 1.53. The summed E-state index contributed by atoms with van der Waals surface area (Å²) in [5.74, 6) is 0. The third-order valence-corrected chi connectivity index (χ3v) is 3.62. The van der Waals surface area contributed by atoms with Crippen LogP contribution in [0.25, 0.3) is 0 Å². The van der Waals surface area contributed by atoms with Gasteiger partial charge in [-0.05, 0) is 25.0 Å². The minimum Gasteiger partial charge on any atom is -0.464 e. The van der Waals surface area contributed by atoms with Crippen LogP contribution in [0.4, 0.5) is 10.5 Å². The Morgan fingerprint density at radius 3 is 2.26 bits per heavy atom. The summed E-state index contributed by atoms with van der Waals surface area (Å²) in [4.78, 5) is 23.5. The number of carboxylic acid groups (broad SMARTS) is 1. The molecule has 0 aromatic heterocycles. The first-order valence-electron chi connectivity index (χ1n) is 6.31. The second-order valence-electron chi connectivity index (χ2n) is 4.75. The lowest BCUT2D eigenvalue weighted by atomic mass is 9.87. The van der Waals surface area contributed by atoms with Gasteiger partial charge in [-0.25, -0.2) is 9.69 Å². The monoisotopic (exact) mass is 264 g/mol. The van der Waals surface area contributed by atoms with E-state index in [1.807, 2.05) is 0 Å². The molecule has 6 heteroatoms. The third-order valence-electron chi connectivity index (χ3n) is 3.62. The normalized spacial score (nSPS) is 17.7. The minimum atomic E-state index is -1.52. The number of hydrogen-bond donors (Lipinski definition) is 1. The molecule has 1 fully saturated rings. The summed E-state index contributed by atoms with van der Waals surface area (Å²) in [6, 6.07) is 8.30. The van der Waals surface area contributed by atoms with E-state index >= 15 is 0 Å². The number of carbonyl (C=O) groups is 1. The van der Waals surface area contributed by atoms with Gasteiger partial charge in [-0.2, -0.15) is 0 Å². The molecule has 1 aromatic rings. The van der Waals surface area contributed by atoms with Gasteiger partial charge < -0.3 is 5.11 Å². The average molecular weight is 264 g/mol. The van der Waals surface area contributed by atoms with E-state index in [0.717, 1.165) is 11.3 Å². The molecule has 1 saturated carbocycles. The Bertz CT molecular complexity index is 469. The lowest BCUT2D eigenvalue weighted by molar-refractivity contribution is -0.572. The zero-order valence-electron chi connectivity index (χ0n) is 10.5. The maximum atomic E-state index is 11.5. The van der Waals surface area contributed by atoms with Gasteiger partial charge >= 0.3 is 11.8 Å². The molecule has 1 N–H and O–H groups in total. The topological polar surface area (TPSA) is 83.7 Å². The molecule has 19 heavy (non-hydrogen) atoms. The first-order valence-corrected chi connectivity index (χ1v) is 6.31. The molecule has 1 amide bonds. The summed E-state index contributed by atoms with van der Waals surface area (Å²) in [5, 5.41) is 20.9. The molecule has 1 aromatic carbocycles. The highest BCUT2D eigenvalue weighted by atomic mass is 16.6. The van der Waals surface area contributed by atoms with E-state index in [1.165, 1.54) is 0 Å². The Labute approximate surface area is 110 Å². The van der Waals surface area contributed by atoms with E-state index < -0.39 is 16.7 Å². The van der Waals surface area contributed by atoms with E-state index in [0.29, 0.717) is 18.5 Å². The van der Waals surface area contributed by atoms with Crippen LogP contribution in [0.15, 0.2) is 30.3 Å². The molecule has 0 unspecified atom stereocenters. The van der Waals surface area contributed by atoms with Crippen LogP contribution in [0.5, 0.6) is 0 Å². The van der Waals surface area contributed by atoms with Crippen molar-refractivity contribution in [1.29, 1.82) is 0 Å². The SMILES string of the molecule is O=C(O)N(c1ccccc1)C1([N+](=O)[O-])CCCCC1. The van der Waals surface area contributed by atoms with Crippen molar-refractivity contribution in [3.8, 4) is 0 Å². The summed E-state index contributed by atoms with van der Waals surface area (Å²) in [5.41, 5.74) is -1.17. The van der Waals surface area contributed by atoms with Crippen LogP contribution in [0.1, 0.15) is 32.1 Å². The largest absolute Gasteiger partial charge is 0.464 e. The van der Waals surface area contributed by atoms with Crippen LogP contribution < -0.4 is 4.90 Å². The Hall–Kier alpha value is -2.11. The van der Waals surface area contributed by atoms with Gasteiger partial charge in [0.2, 0.25) is 0 Å². The van der Waals surface area contributed by atoms with E-state index in [1.54, 1.807) is 30.3 Å². The lowest BCUT2D eigenvalue weighted by Crippen LogP contribution is -2.58. The fourth-order valence-corrected chi connectivity index (χ4v) is 2.71. The fourth-order valence-electron chi connectivity index (χ4n) is 2.71. The van der Waals surface area contributed by atoms with Crippen LogP contribution in [0, 0.1) is 10.1 Å². The predicted molar refractivity (Wildman–Crippen MR) is 69.8 cm³/mol. The molecule has 6 nitrogen and oxygen atoms in total. The number of nitro groups is 1. The zero-order chi connectivity index (χ0) is 13.9. The molecule has 0 saturated heterocycles. The van der Waals surface area contributed by atoms with Crippen molar-refractivity contribution >= 4 is 11.8 Å². The zero-order valence-corrected chi connectivity index (χ0v) is 10.5. The molecule has 1 aliphatic rings. The first-order chi connectivity index (χ1) is 9.08. The minimum absolute atomic E-state index is 0.265. The molecule has 0 spiro atoms. The van der Waals surface area contributed by atoms with Gasteiger partial charge in [-0.3, -0.25) is 10.1 Å². The predicted octanol–water partition coefficient (Wildman–Crippen LogP) is 3.11. The van der Waals surface area contributed by atoms with Crippen molar-refractivity contribution in [2.75, 3.05) is 4.90 Å². The quantitative estimate of drug-likeness (QED) is 0.516. The van der Waals surface area contributed by atoms with Crippen molar-refractivity contribution < 1.29 is 14.8 Å². The molecule has 0 atom stereocenters. The summed E-state index contributed by atoms with van der Waals surface area (Å²) < 4.78 is 0. The molecule has 0 radical (unpaired) electrons. The Kier molecular flexibility index (Phi) is 3.69. The number of hydrogen-bond acceptors (Lipinski definition) is 3. The third kappa shape index (κ3) is 2.38. The molecular formula is C13H16N2O4. The highest BCUT2D eigenvalue weighted by molar-refractivity contribution is 5.87. The smallest absolute Gasteiger partial charge is 0.417 e. The molecule has 2 rings (SSSR count). The van der Waals surface area contributed by atoms with E-state index in [2.05, 4.69) is 0 Å². The van der Waals surface area contributed by atoms with Crippen molar-refractivity contribution in [2.45, 2.75) is 37.8 Å². The lowest BCUT2D eigenvalue weighted by Gasteiger charge is -2.37. The Morgan fingerprint density at radius 2 is 1.79 bits per heavy atom. The second-order valence-corrected chi connectivity index (χ2v) is 4.75. The number of benzene rings is 1. The van der Waals surface area contributed by atoms with Gasteiger partial charge in [0.05, 0.1) is 5.69 Å². The highest BCUT2D eigenvalue weighted by Crippen LogP contribution is 2.37. The van der Waals surface area contributed by atoms with Crippen LogP contribution in [0.2, 0.25) is 0 Å². The number of nitrogens with zero attached hydrogens (tertiary/aromatic N) is 2. The maximum Gasteiger partial charge on any atom is 0.417 e. The molecular weight excluding hydrogens is 248 g/mol. The molecule has 0 aliphatic heterocycles. The standard InChI is InChI=1S/C13H16N2O4/c16-12(17)14(11-7-3-1-4-8-11)13(15(18)19)9-5-2-6-10-13/h1,3-4,7-8H,2,5-6,9-10H2,(H,16,17). The van der Waals surface area contributed by atoms with Crippen molar-refractivity contribution in [1.82, 2.24) is 0 Å². The number of anilines is 1. The van der Waals surface area contributed by atoms with Gasteiger partial charge in [-0.1, -0.05) is 24.6 Å². The molecule has 0 bridgehead atoms. The number of amides is 1. The first kappa shape index (κ1) is 13.3. The van der Waals surface area contributed by atoms with Gasteiger partial charge in [-0.15, -0.1) is 0 Å². The summed E-state index contributed by atoms with van der Waals surface area (Å²) in [7, 11) is 0. The van der Waals surface area contributed by atoms with Crippen LogP contribution in [-0.2, 0) is 0 Å². The summed E-state index contributed by atoms with van der Waals surface area (Å²) >= 11 is 0. The van der Waals surface area contributed by atoms with Crippen LogP contribution in [-0.4, -0.2) is 21.8 Å². The highest BCUT2D eigenvalue weighted by Gasteiger charge is 2.52. The number of para-hydroxylation sites is 1. The van der Waals surface area contributed by atoms with Crippen LogP contribution in [0.3, 0.4) is 0 Å². The fraction of sp³-hybridized carbons (Fsp3) is 0.462. The number of rotatable bonds is 3. The van der Waals surface area contributed by atoms with Gasteiger partial charge in [0, 0.05) is 17.8 Å². The van der Waals surface area contributed by atoms with Gasteiger partial charge in [0.1, 0.15) is 0 Å². The van der Waals surface area contributed by atoms with Crippen LogP contribution >= 0.6 is 0 Å².